The number of nitrogens with zero attached hydrogens (tertiary/aromatic N) is 2. The zero-order valence-corrected chi connectivity index (χ0v) is 13.2. The fourth-order valence-corrected chi connectivity index (χ4v) is 3.17. The van der Waals surface area contributed by atoms with E-state index in [1.165, 1.54) is 10.6 Å². The summed E-state index contributed by atoms with van der Waals surface area (Å²) < 4.78 is 24.3. The highest BCUT2D eigenvalue weighted by molar-refractivity contribution is 7.88. The second kappa shape index (κ2) is 6.44. The first kappa shape index (κ1) is 15.8. The van der Waals surface area contributed by atoms with Gasteiger partial charge in [0.25, 0.3) is 5.91 Å². The fourth-order valence-electron chi connectivity index (χ4n) is 2.34. The molecule has 0 spiro atoms. The van der Waals surface area contributed by atoms with Crippen LogP contribution in [0.5, 0.6) is 0 Å². The van der Waals surface area contributed by atoms with Gasteiger partial charge in [0.1, 0.15) is 0 Å². The molecule has 1 aromatic rings. The molecule has 116 valence electrons. The first-order valence-corrected chi connectivity index (χ1v) is 8.85. The summed E-state index contributed by atoms with van der Waals surface area (Å²) in [6, 6.07) is 7.35. The molecule has 1 aromatic carbocycles. The molecule has 0 atom stereocenters. The molecule has 0 aliphatic carbocycles. The number of hydrogen-bond donors (Lipinski definition) is 1. The van der Waals surface area contributed by atoms with Crippen LogP contribution in [-0.2, 0) is 10.0 Å². The van der Waals surface area contributed by atoms with Gasteiger partial charge in [0.2, 0.25) is 10.0 Å². The molecule has 0 radical (unpaired) electrons. The molecule has 0 saturated carbocycles. The van der Waals surface area contributed by atoms with Crippen LogP contribution in [0.15, 0.2) is 24.3 Å². The lowest BCUT2D eigenvalue weighted by Crippen LogP contribution is -2.50. The molecule has 7 heteroatoms. The molecule has 0 unspecified atom stereocenters. The monoisotopic (exact) mass is 311 g/mol. The standard InChI is InChI=1S/C14H21N3O3S/c1-3-15-13-6-4-12(5-7-13)14(18)16-8-10-17(11-9-16)21(2,19)20/h4-7,15H,3,8-11H2,1-2H3. The summed E-state index contributed by atoms with van der Waals surface area (Å²) in [6.07, 6.45) is 1.20. The maximum Gasteiger partial charge on any atom is 0.253 e. The molecule has 1 amide bonds. The average molecular weight is 311 g/mol. The van der Waals surface area contributed by atoms with E-state index in [0.29, 0.717) is 31.7 Å². The lowest BCUT2D eigenvalue weighted by atomic mass is 10.1. The third kappa shape index (κ3) is 3.95. The highest BCUT2D eigenvalue weighted by Crippen LogP contribution is 2.13. The van der Waals surface area contributed by atoms with Crippen molar-refractivity contribution in [1.29, 1.82) is 0 Å². The summed E-state index contributed by atoms with van der Waals surface area (Å²) >= 11 is 0. The summed E-state index contributed by atoms with van der Waals surface area (Å²) in [7, 11) is -3.16. The van der Waals surface area contributed by atoms with Gasteiger partial charge in [-0.1, -0.05) is 0 Å². The molecule has 6 nitrogen and oxygen atoms in total. The van der Waals surface area contributed by atoms with Crippen molar-refractivity contribution >= 4 is 21.6 Å². The Balaban J connectivity index is 1.98. The van der Waals surface area contributed by atoms with E-state index in [9.17, 15) is 13.2 Å². The van der Waals surface area contributed by atoms with Gasteiger partial charge in [0.05, 0.1) is 6.26 Å². The van der Waals surface area contributed by atoms with Crippen LogP contribution in [0.3, 0.4) is 0 Å². The van der Waals surface area contributed by atoms with Crippen molar-refractivity contribution in [3.63, 3.8) is 0 Å². The molecule has 1 aliphatic heterocycles. The Morgan fingerprint density at radius 2 is 1.71 bits per heavy atom. The van der Waals surface area contributed by atoms with E-state index in [-0.39, 0.29) is 5.91 Å². The zero-order valence-electron chi connectivity index (χ0n) is 12.4. The van der Waals surface area contributed by atoms with Crippen LogP contribution in [0.4, 0.5) is 5.69 Å². The van der Waals surface area contributed by atoms with Crippen molar-refractivity contribution in [3.8, 4) is 0 Å². The summed E-state index contributed by atoms with van der Waals surface area (Å²) in [4.78, 5) is 14.1. The van der Waals surface area contributed by atoms with E-state index >= 15 is 0 Å². The molecule has 1 fully saturated rings. The molecule has 1 saturated heterocycles. The second-order valence-electron chi connectivity index (χ2n) is 5.06. The molecule has 1 N–H and O–H groups in total. The van der Waals surface area contributed by atoms with Crippen molar-refractivity contribution in [1.82, 2.24) is 9.21 Å². The Hall–Kier alpha value is -1.60. The fraction of sp³-hybridized carbons (Fsp3) is 0.500. The first-order valence-electron chi connectivity index (χ1n) is 7.00. The SMILES string of the molecule is CCNc1ccc(C(=O)N2CCN(S(C)(=O)=O)CC2)cc1. The van der Waals surface area contributed by atoms with E-state index in [4.69, 9.17) is 0 Å². The third-order valence-corrected chi connectivity index (χ3v) is 4.81. The normalized spacial score (nSPS) is 16.8. The minimum Gasteiger partial charge on any atom is -0.385 e. The number of rotatable bonds is 4. The smallest absolute Gasteiger partial charge is 0.253 e. The van der Waals surface area contributed by atoms with Crippen molar-refractivity contribution in [2.75, 3.05) is 44.3 Å². The molecule has 2 rings (SSSR count). The highest BCUT2D eigenvalue weighted by Gasteiger charge is 2.26. The van der Waals surface area contributed by atoms with E-state index in [2.05, 4.69) is 5.32 Å². The average Bonchev–Trinajstić information content (AvgIpc) is 2.47. The Labute approximate surface area is 125 Å². The predicted octanol–water partition coefficient (Wildman–Crippen LogP) is 0.836. The van der Waals surface area contributed by atoms with Gasteiger partial charge in [0.15, 0.2) is 0 Å². The van der Waals surface area contributed by atoms with Crippen LogP contribution in [0.1, 0.15) is 17.3 Å². The maximum absolute atomic E-state index is 12.4. The van der Waals surface area contributed by atoms with E-state index in [1.807, 2.05) is 19.1 Å². The number of carbonyl (C=O) groups excluding carboxylic acids is 1. The molecule has 1 heterocycles. The minimum absolute atomic E-state index is 0.0498. The Morgan fingerprint density at radius 3 is 2.19 bits per heavy atom. The molecule has 0 bridgehead atoms. The Morgan fingerprint density at radius 1 is 1.14 bits per heavy atom. The van der Waals surface area contributed by atoms with Gasteiger partial charge in [-0.2, -0.15) is 4.31 Å². The topological polar surface area (TPSA) is 69.7 Å². The van der Waals surface area contributed by atoms with Crippen LogP contribution >= 0.6 is 0 Å². The van der Waals surface area contributed by atoms with Crippen molar-refractivity contribution in [2.24, 2.45) is 0 Å². The predicted molar refractivity (Wildman–Crippen MR) is 82.9 cm³/mol. The number of piperazine rings is 1. The quantitative estimate of drug-likeness (QED) is 0.894. The number of carbonyl (C=O) groups is 1. The molecule has 0 aromatic heterocycles. The van der Waals surface area contributed by atoms with E-state index in [0.717, 1.165) is 12.2 Å². The summed E-state index contributed by atoms with van der Waals surface area (Å²) in [5, 5.41) is 3.18. The Bertz CT molecular complexity index is 590. The number of hydrogen-bond acceptors (Lipinski definition) is 4. The van der Waals surface area contributed by atoms with Crippen LogP contribution < -0.4 is 5.32 Å². The maximum atomic E-state index is 12.4. The van der Waals surface area contributed by atoms with Crippen LogP contribution in [-0.4, -0.2) is 62.5 Å². The third-order valence-electron chi connectivity index (χ3n) is 3.51. The summed E-state index contributed by atoms with van der Waals surface area (Å²) in [5.41, 5.74) is 1.61. The highest BCUT2D eigenvalue weighted by atomic mass is 32.2. The first-order chi connectivity index (χ1) is 9.91. The van der Waals surface area contributed by atoms with E-state index < -0.39 is 10.0 Å². The second-order valence-corrected chi connectivity index (χ2v) is 7.04. The summed E-state index contributed by atoms with van der Waals surface area (Å²) in [5.74, 6) is -0.0498. The molecular formula is C14H21N3O3S. The molecular weight excluding hydrogens is 290 g/mol. The van der Waals surface area contributed by atoms with Gasteiger partial charge >= 0.3 is 0 Å². The van der Waals surface area contributed by atoms with Gasteiger partial charge in [0, 0.05) is 44.0 Å². The van der Waals surface area contributed by atoms with Gasteiger partial charge in [-0.05, 0) is 31.2 Å². The van der Waals surface area contributed by atoms with Gasteiger partial charge in [-0.15, -0.1) is 0 Å². The summed E-state index contributed by atoms with van der Waals surface area (Å²) in [6.45, 7) is 4.43. The largest absolute Gasteiger partial charge is 0.385 e. The van der Waals surface area contributed by atoms with Gasteiger partial charge < -0.3 is 10.2 Å². The van der Waals surface area contributed by atoms with E-state index in [1.54, 1.807) is 17.0 Å². The van der Waals surface area contributed by atoms with Gasteiger partial charge in [-0.3, -0.25) is 4.79 Å². The number of nitrogens with one attached hydrogen (secondary N) is 1. The van der Waals surface area contributed by atoms with Crippen LogP contribution in [0, 0.1) is 0 Å². The molecule has 1 aliphatic rings. The number of benzene rings is 1. The van der Waals surface area contributed by atoms with Crippen molar-refractivity contribution in [2.45, 2.75) is 6.92 Å². The lowest BCUT2D eigenvalue weighted by Gasteiger charge is -2.33. The Kier molecular flexibility index (Phi) is 4.84. The zero-order chi connectivity index (χ0) is 15.5. The minimum atomic E-state index is -3.16. The van der Waals surface area contributed by atoms with Crippen LogP contribution in [0.25, 0.3) is 0 Å². The van der Waals surface area contributed by atoms with Crippen molar-refractivity contribution in [3.05, 3.63) is 29.8 Å². The van der Waals surface area contributed by atoms with Crippen LogP contribution in [0.2, 0.25) is 0 Å². The number of amides is 1. The molecule has 21 heavy (non-hydrogen) atoms. The number of sulfonamides is 1. The lowest BCUT2D eigenvalue weighted by molar-refractivity contribution is 0.0698. The number of anilines is 1. The van der Waals surface area contributed by atoms with Crippen molar-refractivity contribution < 1.29 is 13.2 Å². The van der Waals surface area contributed by atoms with Gasteiger partial charge in [-0.25, -0.2) is 8.42 Å².